The Morgan fingerprint density at radius 2 is 2.16 bits per heavy atom. The van der Waals surface area contributed by atoms with Gasteiger partial charge in [-0.15, -0.1) is 0 Å². The molecule has 0 bridgehead atoms. The third-order valence-corrected chi connectivity index (χ3v) is 3.93. The van der Waals surface area contributed by atoms with Gasteiger partial charge in [0.2, 0.25) is 0 Å². The maximum atomic E-state index is 12.4. The van der Waals surface area contributed by atoms with Crippen molar-refractivity contribution in [2.45, 2.75) is 26.3 Å². The smallest absolute Gasteiger partial charge is 0.288 e. The van der Waals surface area contributed by atoms with E-state index in [1.54, 1.807) is 23.1 Å². The molecule has 25 heavy (non-hydrogen) atoms. The first kappa shape index (κ1) is 16.5. The number of hydrogen-bond acceptors (Lipinski definition) is 4. The van der Waals surface area contributed by atoms with E-state index < -0.39 is 11.9 Å². The van der Waals surface area contributed by atoms with Crippen LogP contribution in [-0.2, 0) is 6.42 Å². The highest BCUT2D eigenvalue weighted by Gasteiger charge is 2.20. The van der Waals surface area contributed by atoms with Crippen LogP contribution in [0, 0.1) is 18.3 Å². The third kappa shape index (κ3) is 3.45. The number of carbonyl (C=O) groups excluding carboxylic acids is 1. The number of nitrogens with zero attached hydrogens (tertiary/aromatic N) is 3. The van der Waals surface area contributed by atoms with Crippen LogP contribution >= 0.6 is 0 Å². The maximum absolute atomic E-state index is 12.4. The summed E-state index contributed by atoms with van der Waals surface area (Å²) in [4.78, 5) is 12.4. The molecule has 0 fully saturated rings. The molecule has 0 radical (unpaired) electrons. The maximum Gasteiger partial charge on any atom is 0.288 e. The Kier molecular flexibility index (Phi) is 4.66. The number of nitriles is 1. The second-order valence-electron chi connectivity index (χ2n) is 5.66. The minimum atomic E-state index is -0.805. The Morgan fingerprint density at radius 3 is 2.80 bits per heavy atom. The zero-order valence-corrected chi connectivity index (χ0v) is 14.1. The van der Waals surface area contributed by atoms with Crippen LogP contribution in [0.2, 0.25) is 0 Å². The topological polar surface area (TPSA) is 83.8 Å². The van der Waals surface area contributed by atoms with Crippen molar-refractivity contribution < 1.29 is 9.21 Å². The van der Waals surface area contributed by atoms with Gasteiger partial charge in [-0.25, -0.2) is 4.68 Å². The van der Waals surface area contributed by atoms with E-state index in [4.69, 9.17) is 4.42 Å². The number of carbonyl (C=O) groups is 1. The Labute approximate surface area is 145 Å². The number of aromatic nitrogens is 2. The molecule has 0 saturated heterocycles. The zero-order valence-electron chi connectivity index (χ0n) is 14.1. The molecule has 2 aromatic heterocycles. The first-order valence-corrected chi connectivity index (χ1v) is 8.02. The van der Waals surface area contributed by atoms with E-state index in [1.807, 2.05) is 44.2 Å². The minimum absolute atomic E-state index is 0.213. The number of rotatable bonds is 5. The molecule has 3 rings (SSSR count). The Balaban J connectivity index is 1.78. The lowest BCUT2D eigenvalue weighted by atomic mass is 10.2. The first-order valence-electron chi connectivity index (χ1n) is 8.02. The number of hydrogen-bond donors (Lipinski definition) is 1. The van der Waals surface area contributed by atoms with Crippen molar-refractivity contribution in [3.63, 3.8) is 0 Å². The van der Waals surface area contributed by atoms with Crippen molar-refractivity contribution in [3.05, 3.63) is 71.4 Å². The van der Waals surface area contributed by atoms with Crippen molar-refractivity contribution >= 4 is 5.91 Å². The SMILES string of the molecule is CCc1oc(C(=O)N[C@@H](C#N)c2cnn(-c3ccccc3)c2)cc1C. The van der Waals surface area contributed by atoms with Crippen molar-refractivity contribution in [3.8, 4) is 11.8 Å². The van der Waals surface area contributed by atoms with Crippen LogP contribution in [0.15, 0.2) is 53.2 Å². The molecule has 0 unspecified atom stereocenters. The third-order valence-electron chi connectivity index (χ3n) is 3.93. The molecule has 0 spiro atoms. The minimum Gasteiger partial charge on any atom is -0.456 e. The Hall–Kier alpha value is -3.33. The van der Waals surface area contributed by atoms with Gasteiger partial charge in [-0.05, 0) is 30.7 Å². The Bertz CT molecular complexity index is 919. The average Bonchev–Trinajstić information content (AvgIpc) is 3.27. The lowest BCUT2D eigenvalue weighted by Gasteiger charge is -2.08. The molecule has 0 aliphatic carbocycles. The van der Waals surface area contributed by atoms with Crippen LogP contribution in [0.25, 0.3) is 5.69 Å². The van der Waals surface area contributed by atoms with Gasteiger partial charge in [0.05, 0.1) is 18.0 Å². The van der Waals surface area contributed by atoms with Crippen LogP contribution in [0.3, 0.4) is 0 Å². The van der Waals surface area contributed by atoms with E-state index in [1.165, 1.54) is 0 Å². The van der Waals surface area contributed by atoms with Gasteiger partial charge in [-0.1, -0.05) is 25.1 Å². The number of para-hydroxylation sites is 1. The van der Waals surface area contributed by atoms with Gasteiger partial charge < -0.3 is 9.73 Å². The fraction of sp³-hybridized carbons (Fsp3) is 0.211. The van der Waals surface area contributed by atoms with E-state index >= 15 is 0 Å². The van der Waals surface area contributed by atoms with Gasteiger partial charge in [0.15, 0.2) is 5.76 Å². The number of furan rings is 1. The quantitative estimate of drug-likeness (QED) is 0.775. The molecule has 1 amide bonds. The summed E-state index contributed by atoms with van der Waals surface area (Å²) in [6, 6.07) is 12.5. The van der Waals surface area contributed by atoms with Crippen LogP contribution in [-0.4, -0.2) is 15.7 Å². The second kappa shape index (κ2) is 7.05. The van der Waals surface area contributed by atoms with Gasteiger partial charge in [-0.2, -0.15) is 10.4 Å². The largest absolute Gasteiger partial charge is 0.456 e. The first-order chi connectivity index (χ1) is 12.1. The van der Waals surface area contributed by atoms with Gasteiger partial charge in [0.25, 0.3) is 5.91 Å². The van der Waals surface area contributed by atoms with E-state index in [0.717, 1.165) is 17.0 Å². The highest BCUT2D eigenvalue weighted by molar-refractivity contribution is 5.92. The summed E-state index contributed by atoms with van der Waals surface area (Å²) in [6.45, 7) is 3.86. The molecular weight excluding hydrogens is 316 g/mol. The number of aryl methyl sites for hydroxylation is 2. The van der Waals surface area contributed by atoms with Crippen LogP contribution < -0.4 is 5.32 Å². The molecule has 6 heteroatoms. The van der Waals surface area contributed by atoms with Crippen molar-refractivity contribution in [2.75, 3.05) is 0 Å². The molecule has 0 aliphatic rings. The summed E-state index contributed by atoms with van der Waals surface area (Å²) in [5.41, 5.74) is 2.42. The molecule has 1 N–H and O–H groups in total. The predicted molar refractivity (Wildman–Crippen MR) is 92.2 cm³/mol. The molecule has 2 heterocycles. The van der Waals surface area contributed by atoms with Crippen molar-refractivity contribution in [1.82, 2.24) is 15.1 Å². The molecular formula is C19H18N4O2. The number of nitrogens with one attached hydrogen (secondary N) is 1. The van der Waals surface area contributed by atoms with Gasteiger partial charge in [-0.3, -0.25) is 4.79 Å². The summed E-state index contributed by atoms with van der Waals surface area (Å²) in [5, 5.41) is 16.4. The van der Waals surface area contributed by atoms with E-state index in [9.17, 15) is 10.1 Å². The highest BCUT2D eigenvalue weighted by atomic mass is 16.4. The fourth-order valence-corrected chi connectivity index (χ4v) is 2.58. The van der Waals surface area contributed by atoms with Gasteiger partial charge in [0.1, 0.15) is 11.8 Å². The van der Waals surface area contributed by atoms with Crippen LogP contribution in [0.4, 0.5) is 0 Å². The van der Waals surface area contributed by atoms with Crippen LogP contribution in [0.5, 0.6) is 0 Å². The standard InChI is InChI=1S/C19H18N4O2/c1-3-17-13(2)9-18(25-17)19(24)22-16(10-20)14-11-21-23(12-14)15-7-5-4-6-8-15/h4-9,11-12,16H,3H2,1-2H3,(H,22,24)/t16-/m0/s1. The number of amides is 1. The van der Waals surface area contributed by atoms with Crippen LogP contribution in [0.1, 0.15) is 40.4 Å². The van der Waals surface area contributed by atoms with Crippen molar-refractivity contribution in [2.24, 2.45) is 0 Å². The molecule has 0 aliphatic heterocycles. The molecule has 126 valence electrons. The van der Waals surface area contributed by atoms with E-state index in [2.05, 4.69) is 16.5 Å². The average molecular weight is 334 g/mol. The summed E-state index contributed by atoms with van der Waals surface area (Å²) in [7, 11) is 0. The monoisotopic (exact) mass is 334 g/mol. The summed E-state index contributed by atoms with van der Waals surface area (Å²) in [5.74, 6) is 0.572. The summed E-state index contributed by atoms with van der Waals surface area (Å²) < 4.78 is 7.20. The van der Waals surface area contributed by atoms with Gasteiger partial charge in [0, 0.05) is 18.2 Å². The lowest BCUT2D eigenvalue weighted by Crippen LogP contribution is -2.27. The van der Waals surface area contributed by atoms with E-state index in [-0.39, 0.29) is 5.76 Å². The number of benzene rings is 1. The molecule has 6 nitrogen and oxygen atoms in total. The van der Waals surface area contributed by atoms with Crippen molar-refractivity contribution in [1.29, 1.82) is 5.26 Å². The lowest BCUT2D eigenvalue weighted by molar-refractivity contribution is 0.0915. The Morgan fingerprint density at radius 1 is 1.40 bits per heavy atom. The predicted octanol–water partition coefficient (Wildman–Crippen LogP) is 3.33. The molecule has 3 aromatic rings. The summed E-state index contributed by atoms with van der Waals surface area (Å²) >= 11 is 0. The highest BCUT2D eigenvalue weighted by Crippen LogP contribution is 2.18. The van der Waals surface area contributed by atoms with E-state index in [0.29, 0.717) is 12.0 Å². The zero-order chi connectivity index (χ0) is 17.8. The molecule has 1 aromatic carbocycles. The normalized spacial score (nSPS) is 11.7. The summed E-state index contributed by atoms with van der Waals surface area (Å²) in [6.07, 6.45) is 4.02. The molecule has 0 saturated carbocycles. The van der Waals surface area contributed by atoms with Gasteiger partial charge >= 0.3 is 0 Å². The second-order valence-corrected chi connectivity index (χ2v) is 5.66. The fourth-order valence-electron chi connectivity index (χ4n) is 2.58. The molecule has 1 atom stereocenters.